The number of nitrogens with zero attached hydrogens (tertiary/aromatic N) is 3. The Balaban J connectivity index is 0.00000225. The van der Waals surface area contributed by atoms with E-state index in [0.29, 0.717) is 18.2 Å². The molecule has 0 bridgehead atoms. The normalized spacial score (nSPS) is 12.5. The summed E-state index contributed by atoms with van der Waals surface area (Å²) < 4.78 is 5.73. The van der Waals surface area contributed by atoms with Gasteiger partial charge in [0.05, 0.1) is 0 Å². The van der Waals surface area contributed by atoms with Crippen LogP contribution in [0.15, 0.2) is 60.9 Å². The van der Waals surface area contributed by atoms with E-state index in [1.165, 1.54) is 12.4 Å². The fourth-order valence-electron chi connectivity index (χ4n) is 3.08. The van der Waals surface area contributed by atoms with Gasteiger partial charge in [0.15, 0.2) is 0 Å². The predicted molar refractivity (Wildman–Crippen MR) is 104 cm³/mol. The first-order chi connectivity index (χ1) is 13.2. The van der Waals surface area contributed by atoms with Gasteiger partial charge in [-0.1, -0.05) is 24.0 Å². The molecule has 0 unspecified atom stereocenters. The zero-order valence-corrected chi connectivity index (χ0v) is 18.0. The van der Waals surface area contributed by atoms with Crippen molar-refractivity contribution in [2.45, 2.75) is 12.8 Å². The molecule has 1 aromatic heterocycles. The number of nitrogens with one attached hydrogen (secondary N) is 2. The van der Waals surface area contributed by atoms with Crippen molar-refractivity contribution in [1.29, 1.82) is 0 Å². The van der Waals surface area contributed by atoms with Gasteiger partial charge in [-0.25, -0.2) is 9.78 Å². The molecule has 2 N–H and O–H groups in total. The monoisotopic (exact) mass is 449 g/mol. The van der Waals surface area contributed by atoms with Gasteiger partial charge in [-0.15, -0.1) is 0 Å². The number of hydrogen-bond acceptors (Lipinski definition) is 4. The van der Waals surface area contributed by atoms with Crippen LogP contribution in [-0.2, 0) is 39.1 Å². The van der Waals surface area contributed by atoms with Gasteiger partial charge < -0.3 is 20.8 Å². The fourth-order valence-corrected chi connectivity index (χ4v) is 3.08. The Labute approximate surface area is 188 Å². The number of rotatable bonds is 3. The van der Waals surface area contributed by atoms with Crippen molar-refractivity contribution in [3.63, 3.8) is 0 Å². The number of amides is 2. The first-order valence-electron chi connectivity index (χ1n) is 8.67. The van der Waals surface area contributed by atoms with Crippen LogP contribution in [-0.4, -0.2) is 22.5 Å². The van der Waals surface area contributed by atoms with Crippen LogP contribution in [0, 0.1) is 0 Å². The summed E-state index contributed by atoms with van der Waals surface area (Å²) in [6, 6.07) is 16.3. The molecule has 8 heteroatoms. The van der Waals surface area contributed by atoms with Crippen molar-refractivity contribution in [1.82, 2.24) is 9.97 Å². The molecule has 0 spiro atoms. The summed E-state index contributed by atoms with van der Waals surface area (Å²) in [5.74, 6) is 1.04. The van der Waals surface area contributed by atoms with Gasteiger partial charge in [0.25, 0.3) is 0 Å². The number of carbonyl (C=O) groups excluding carboxylic acids is 1. The quantitative estimate of drug-likeness (QED) is 0.614. The van der Waals surface area contributed by atoms with E-state index >= 15 is 0 Å². The minimum Gasteiger partial charge on any atom is -0.482 e. The molecule has 0 saturated carbocycles. The third-order valence-corrected chi connectivity index (χ3v) is 4.30. The Hall–Kier alpha value is -2.51. The molecule has 2 amide bonds. The summed E-state index contributed by atoms with van der Waals surface area (Å²) in [5, 5.41) is 2.93. The van der Waals surface area contributed by atoms with Gasteiger partial charge in [0, 0.05) is 57.0 Å². The average Bonchev–Trinajstić information content (AvgIpc) is 2.68. The molecule has 7 nitrogen and oxygen atoms in total. The number of urea groups is 1. The Bertz CT molecular complexity index is 968. The van der Waals surface area contributed by atoms with E-state index in [-0.39, 0.29) is 44.6 Å². The predicted octanol–water partition coefficient (Wildman–Crippen LogP) is 4.93. The van der Waals surface area contributed by atoms with Crippen molar-refractivity contribution < 1.29 is 42.2 Å². The number of fused-ring (bicyclic) bond motifs is 1. The van der Waals surface area contributed by atoms with E-state index in [2.05, 4.69) is 15.3 Å². The molecule has 0 saturated heterocycles. The molecule has 3 aromatic rings. The average molecular weight is 449 g/mol. The van der Waals surface area contributed by atoms with Gasteiger partial charge in [0.1, 0.15) is 5.75 Å². The number of anilines is 2. The van der Waals surface area contributed by atoms with Crippen LogP contribution in [0.1, 0.15) is 12.0 Å². The molecule has 2 heterocycles. The number of aryl methyl sites for hydroxylation is 1. The molecule has 0 fully saturated rings. The smallest absolute Gasteiger partial charge is 0.326 e. The van der Waals surface area contributed by atoms with E-state index in [1.54, 1.807) is 11.0 Å². The molecule has 28 heavy (non-hydrogen) atoms. The second-order valence-corrected chi connectivity index (χ2v) is 6.19. The molecule has 0 aliphatic carbocycles. The largest absolute Gasteiger partial charge is 0.482 e. The second-order valence-electron chi connectivity index (χ2n) is 6.19. The summed E-state index contributed by atoms with van der Waals surface area (Å²) in [7, 11) is 0. The molecule has 4 rings (SSSR count). The topological polar surface area (TPSA) is 91.2 Å². The van der Waals surface area contributed by atoms with E-state index in [1.807, 2.05) is 42.5 Å². The molecule has 1 radical (unpaired) electrons. The molecular weight excluding hydrogens is 431 g/mol. The van der Waals surface area contributed by atoms with Gasteiger partial charge in [-0.2, -0.15) is 0 Å². The maximum atomic E-state index is 12.7. The van der Waals surface area contributed by atoms with Crippen LogP contribution >= 0.6 is 0 Å². The second kappa shape index (κ2) is 9.12. The van der Waals surface area contributed by atoms with E-state index in [9.17, 15) is 4.79 Å². The van der Waals surface area contributed by atoms with Crippen LogP contribution in [0.5, 0.6) is 11.6 Å². The number of carbonyl (C=O) groups is 1. The van der Waals surface area contributed by atoms with Crippen LogP contribution in [0.25, 0.3) is 5.73 Å². The molecular formula is C20H18N5O2Y-. The van der Waals surface area contributed by atoms with Gasteiger partial charge >= 0.3 is 6.03 Å². The van der Waals surface area contributed by atoms with Gasteiger partial charge in [-0.3, -0.25) is 4.90 Å². The molecule has 1 aliphatic heterocycles. The summed E-state index contributed by atoms with van der Waals surface area (Å²) >= 11 is 0. The minimum absolute atomic E-state index is 0. The van der Waals surface area contributed by atoms with Gasteiger partial charge in [-0.05, 0) is 54.8 Å². The van der Waals surface area contributed by atoms with Gasteiger partial charge in [0.2, 0.25) is 5.88 Å². The molecule has 139 valence electrons. The van der Waals surface area contributed by atoms with Crippen molar-refractivity contribution >= 4 is 23.2 Å². The first-order valence-corrected chi connectivity index (χ1v) is 8.67. The summed E-state index contributed by atoms with van der Waals surface area (Å²) in [6.07, 6.45) is 3.05. The zero-order chi connectivity index (χ0) is 18.6. The van der Waals surface area contributed by atoms with Crippen LogP contribution in [0.3, 0.4) is 0 Å². The first kappa shape index (κ1) is 20.2. The number of benzene rings is 2. The van der Waals surface area contributed by atoms with Crippen LogP contribution in [0.4, 0.5) is 22.0 Å². The number of para-hydroxylation sites is 1. The minimum atomic E-state index is -0.148. The number of ether oxygens (including phenoxy) is 1. The summed E-state index contributed by atoms with van der Waals surface area (Å²) in [4.78, 5) is 22.2. The molecule has 0 atom stereocenters. The van der Waals surface area contributed by atoms with Crippen LogP contribution < -0.4 is 15.0 Å². The van der Waals surface area contributed by atoms with E-state index in [0.717, 1.165) is 29.8 Å². The Kier molecular flexibility index (Phi) is 6.59. The standard InChI is InChI=1S/C20H19N5O2.Y/c21-18-12-19(23-13-22-18)27-16-8-9-17-14(11-16)5-4-10-25(17)20(26)24-15-6-2-1-3-7-15;/h1-3,6-9,11-13H,4-5,10H2,(H3,21,22,23,24,26);/p-1. The number of hydrogen-bond donors (Lipinski definition) is 1. The van der Waals surface area contributed by atoms with E-state index < -0.39 is 0 Å². The third-order valence-electron chi connectivity index (χ3n) is 4.30. The van der Waals surface area contributed by atoms with Crippen molar-refractivity contribution in [3.8, 4) is 11.6 Å². The number of aromatic nitrogens is 2. The SMILES string of the molecule is [NH-]c1cc(Oc2ccc3c(c2)CCCN3C(=O)Nc2ccccc2)ncn1.[Y]. The maximum Gasteiger partial charge on any atom is 0.326 e. The summed E-state index contributed by atoms with van der Waals surface area (Å²) in [6.45, 7) is 0.667. The van der Waals surface area contributed by atoms with Crippen molar-refractivity contribution in [2.24, 2.45) is 0 Å². The van der Waals surface area contributed by atoms with E-state index in [4.69, 9.17) is 10.5 Å². The van der Waals surface area contributed by atoms with Crippen LogP contribution in [0.2, 0.25) is 0 Å². The Morgan fingerprint density at radius 2 is 1.93 bits per heavy atom. The van der Waals surface area contributed by atoms with Crippen molar-refractivity contribution in [2.75, 3.05) is 16.8 Å². The Morgan fingerprint density at radius 1 is 1.11 bits per heavy atom. The third kappa shape index (κ3) is 4.66. The van der Waals surface area contributed by atoms with Crippen molar-refractivity contribution in [3.05, 3.63) is 72.2 Å². The molecule has 1 aliphatic rings. The fraction of sp³-hybridized carbons (Fsp3) is 0.150. The summed E-state index contributed by atoms with van der Waals surface area (Å²) in [5.41, 5.74) is 10.2. The Morgan fingerprint density at radius 3 is 2.71 bits per heavy atom. The zero-order valence-electron chi connectivity index (χ0n) is 15.1. The molecule has 2 aromatic carbocycles. The maximum absolute atomic E-state index is 12.7.